The third kappa shape index (κ3) is 4.49. The minimum atomic E-state index is -1.29. The van der Waals surface area contributed by atoms with Crippen LogP contribution in [0.2, 0.25) is 0 Å². The summed E-state index contributed by atoms with van der Waals surface area (Å²) in [6, 6.07) is 0. The molecule has 1 saturated heterocycles. The minimum absolute atomic E-state index is 0.267. The Morgan fingerprint density at radius 1 is 1.53 bits per heavy atom. The van der Waals surface area contributed by atoms with Gasteiger partial charge in [-0.25, -0.2) is 4.79 Å². The average molecular weight is 274 g/mol. The summed E-state index contributed by atoms with van der Waals surface area (Å²) in [5.74, 6) is -1.29. The summed E-state index contributed by atoms with van der Waals surface area (Å²) in [4.78, 5) is 21.2. The van der Waals surface area contributed by atoms with Crippen LogP contribution in [0.25, 0.3) is 0 Å². The van der Waals surface area contributed by atoms with Crippen molar-refractivity contribution in [2.45, 2.75) is 58.2 Å². The predicted octanol–water partition coefficient (Wildman–Crippen LogP) is 2.93. The van der Waals surface area contributed by atoms with Crippen LogP contribution in [-0.4, -0.2) is 30.4 Å². The first kappa shape index (κ1) is 15.9. The Kier molecular flexibility index (Phi) is 5.34. The fourth-order valence-corrected chi connectivity index (χ4v) is 1.69. The van der Waals surface area contributed by atoms with E-state index in [-0.39, 0.29) is 6.61 Å². The molecule has 1 rings (SSSR count). The molecule has 0 aromatic carbocycles. The quantitative estimate of drug-likeness (QED) is 0.404. The molecule has 1 aliphatic rings. The summed E-state index contributed by atoms with van der Waals surface area (Å²) in [5, 5.41) is 0. The second kappa shape index (κ2) is 6.36. The maximum atomic E-state index is 11.7. The second-order valence-corrected chi connectivity index (χ2v) is 5.11. The van der Waals surface area contributed by atoms with Crippen molar-refractivity contribution in [3.05, 3.63) is 12.7 Å². The second-order valence-electron chi connectivity index (χ2n) is 5.11. The molecule has 0 amide bonds. The van der Waals surface area contributed by atoms with E-state index in [0.29, 0.717) is 0 Å². The first-order valence-electron chi connectivity index (χ1n) is 6.32. The molecule has 0 aliphatic carbocycles. The molecule has 0 bridgehead atoms. The lowest BCUT2D eigenvalue weighted by atomic mass is 10.0. The molecule has 0 aromatic heterocycles. The van der Waals surface area contributed by atoms with Gasteiger partial charge >= 0.3 is 6.16 Å². The highest BCUT2D eigenvalue weighted by molar-refractivity contribution is 5.61. The maximum Gasteiger partial charge on any atom is 0.511 e. The van der Waals surface area contributed by atoms with Crippen molar-refractivity contribution in [3.8, 4) is 0 Å². The minimum Gasteiger partial charge on any atom is -0.428 e. The number of rotatable bonds is 7. The van der Waals surface area contributed by atoms with Gasteiger partial charge in [0.1, 0.15) is 5.60 Å². The zero-order valence-electron chi connectivity index (χ0n) is 11.9. The van der Waals surface area contributed by atoms with Crippen molar-refractivity contribution in [3.63, 3.8) is 0 Å². The lowest BCUT2D eigenvalue weighted by Gasteiger charge is -2.41. The van der Waals surface area contributed by atoms with E-state index in [1.54, 1.807) is 13.0 Å². The fraction of sp³-hybridized carbons (Fsp3) is 0.769. The van der Waals surface area contributed by atoms with Crippen LogP contribution < -0.4 is 0 Å². The molecule has 0 N–H and O–H groups in total. The van der Waals surface area contributed by atoms with Gasteiger partial charge in [0, 0.05) is 6.92 Å². The number of hydrogen-bond acceptors (Lipinski definition) is 6. The molecule has 2 unspecified atom stereocenters. The van der Waals surface area contributed by atoms with E-state index in [0.717, 1.165) is 12.8 Å². The van der Waals surface area contributed by atoms with Gasteiger partial charge in [-0.1, -0.05) is 19.4 Å². The highest BCUT2D eigenvalue weighted by Gasteiger charge is 2.53. The van der Waals surface area contributed by atoms with E-state index >= 15 is 0 Å². The van der Waals surface area contributed by atoms with Crippen molar-refractivity contribution in [2.75, 3.05) is 6.61 Å². The Morgan fingerprint density at radius 2 is 2.21 bits per heavy atom. The summed E-state index contributed by atoms with van der Waals surface area (Å²) in [6.07, 6.45) is 1.61. The molecule has 6 nitrogen and oxygen atoms in total. The van der Waals surface area contributed by atoms with Gasteiger partial charge in [0.15, 0.2) is 0 Å². The zero-order chi connectivity index (χ0) is 14.5. The van der Waals surface area contributed by atoms with E-state index in [1.165, 1.54) is 0 Å². The Balaban J connectivity index is 2.45. The molecule has 0 aromatic rings. The Bertz CT molecular complexity index is 327. The van der Waals surface area contributed by atoms with E-state index < -0.39 is 23.8 Å². The molecule has 6 heteroatoms. The average Bonchev–Trinajstić information content (AvgIpc) is 2.26. The highest BCUT2D eigenvalue weighted by atomic mass is 17.3. The van der Waals surface area contributed by atoms with Crippen LogP contribution in [0.5, 0.6) is 0 Å². The smallest absolute Gasteiger partial charge is 0.428 e. The van der Waals surface area contributed by atoms with Gasteiger partial charge < -0.3 is 14.2 Å². The summed E-state index contributed by atoms with van der Waals surface area (Å²) < 4.78 is 15.6. The molecule has 1 aliphatic heterocycles. The summed E-state index contributed by atoms with van der Waals surface area (Å²) in [5.41, 5.74) is -0.579. The van der Waals surface area contributed by atoms with Crippen LogP contribution in [-0.2, 0) is 24.0 Å². The topological polar surface area (TPSA) is 63.2 Å². The predicted molar refractivity (Wildman–Crippen MR) is 67.1 cm³/mol. The third-order valence-electron chi connectivity index (χ3n) is 2.59. The van der Waals surface area contributed by atoms with Crippen LogP contribution in [0.1, 0.15) is 40.5 Å². The summed E-state index contributed by atoms with van der Waals surface area (Å²) in [7, 11) is 0. The van der Waals surface area contributed by atoms with E-state index in [1.807, 2.05) is 20.8 Å². The standard InChI is InChI=1S/C13H22O6/c1-6-8-12(3,4)16-11(14)17-13(5)10(18-19-13)15-9-7-2/h7,10H,2,6,8-9H2,1,3-5H3. The zero-order valence-corrected chi connectivity index (χ0v) is 11.9. The molecular weight excluding hydrogens is 252 g/mol. The van der Waals surface area contributed by atoms with Gasteiger partial charge in [-0.15, -0.1) is 6.58 Å². The number of hydrogen-bond donors (Lipinski definition) is 0. The molecule has 0 spiro atoms. The monoisotopic (exact) mass is 274 g/mol. The van der Waals surface area contributed by atoms with Crippen molar-refractivity contribution < 1.29 is 28.8 Å². The Hall–Kier alpha value is -1.11. The Morgan fingerprint density at radius 3 is 2.68 bits per heavy atom. The van der Waals surface area contributed by atoms with E-state index in [9.17, 15) is 4.79 Å². The van der Waals surface area contributed by atoms with E-state index in [2.05, 4.69) is 6.58 Å². The van der Waals surface area contributed by atoms with Gasteiger partial charge in [0.25, 0.3) is 12.1 Å². The van der Waals surface area contributed by atoms with Crippen molar-refractivity contribution in [1.29, 1.82) is 0 Å². The van der Waals surface area contributed by atoms with Gasteiger partial charge in [0.2, 0.25) is 0 Å². The molecule has 110 valence electrons. The van der Waals surface area contributed by atoms with Gasteiger partial charge in [-0.3, -0.25) is 0 Å². The van der Waals surface area contributed by atoms with Crippen molar-refractivity contribution >= 4 is 6.16 Å². The number of carbonyl (C=O) groups is 1. The van der Waals surface area contributed by atoms with Gasteiger partial charge in [-0.05, 0) is 20.3 Å². The fourth-order valence-electron chi connectivity index (χ4n) is 1.69. The SMILES string of the molecule is C=CCOC1OOC1(C)OC(=O)OC(C)(C)CCC. The van der Waals surface area contributed by atoms with Crippen LogP contribution in [0.4, 0.5) is 4.79 Å². The number of carbonyl (C=O) groups excluding carboxylic acids is 1. The molecule has 1 fully saturated rings. The lowest BCUT2D eigenvalue weighted by Crippen LogP contribution is -2.58. The highest BCUT2D eigenvalue weighted by Crippen LogP contribution is 2.33. The molecule has 19 heavy (non-hydrogen) atoms. The first-order valence-corrected chi connectivity index (χ1v) is 6.32. The first-order chi connectivity index (χ1) is 8.83. The van der Waals surface area contributed by atoms with E-state index in [4.69, 9.17) is 24.0 Å². The molecule has 2 atom stereocenters. The van der Waals surface area contributed by atoms with Crippen LogP contribution in [0, 0.1) is 0 Å². The lowest BCUT2D eigenvalue weighted by molar-refractivity contribution is -0.601. The number of ether oxygens (including phenoxy) is 3. The summed E-state index contributed by atoms with van der Waals surface area (Å²) in [6.45, 7) is 11.0. The Labute approximate surface area is 113 Å². The maximum absolute atomic E-state index is 11.7. The molecule has 0 saturated carbocycles. The molecule has 0 radical (unpaired) electrons. The van der Waals surface area contributed by atoms with Gasteiger partial charge in [0.05, 0.1) is 6.61 Å². The van der Waals surface area contributed by atoms with Gasteiger partial charge in [-0.2, -0.15) is 9.78 Å². The van der Waals surface area contributed by atoms with Crippen molar-refractivity contribution in [2.24, 2.45) is 0 Å². The molecular formula is C13H22O6. The normalized spacial score (nSPS) is 26.4. The molecule has 1 heterocycles. The van der Waals surface area contributed by atoms with Crippen LogP contribution >= 0.6 is 0 Å². The van der Waals surface area contributed by atoms with Crippen LogP contribution in [0.3, 0.4) is 0 Å². The largest absolute Gasteiger partial charge is 0.511 e. The summed E-state index contributed by atoms with van der Waals surface area (Å²) >= 11 is 0. The van der Waals surface area contributed by atoms with Crippen molar-refractivity contribution in [1.82, 2.24) is 0 Å². The third-order valence-corrected chi connectivity index (χ3v) is 2.59. The van der Waals surface area contributed by atoms with Crippen LogP contribution in [0.15, 0.2) is 12.7 Å².